The lowest BCUT2D eigenvalue weighted by molar-refractivity contribution is -0.139. The number of methoxy groups -OCH3 is 1. The summed E-state index contributed by atoms with van der Waals surface area (Å²) < 4.78 is 11.8. The highest BCUT2D eigenvalue weighted by molar-refractivity contribution is 7.99. The predicted octanol–water partition coefficient (Wildman–Crippen LogP) is 0.594. The first-order chi connectivity index (χ1) is 36.7. The van der Waals surface area contributed by atoms with Crippen molar-refractivity contribution in [1.82, 2.24) is 41.4 Å². The van der Waals surface area contributed by atoms with E-state index in [1.165, 1.54) is 19.2 Å². The van der Waals surface area contributed by atoms with Crippen molar-refractivity contribution in [2.24, 2.45) is 17.4 Å². The maximum atomic E-state index is 13.1. The average molecular weight is 1100 g/mol. The molecule has 0 saturated carbocycles. The summed E-state index contributed by atoms with van der Waals surface area (Å²) in [5, 5.41) is 37.7. The zero-order valence-electron chi connectivity index (χ0n) is 44.1. The molecule has 4 unspecified atom stereocenters. The fourth-order valence-electron chi connectivity index (χ4n) is 7.58. The summed E-state index contributed by atoms with van der Waals surface area (Å²) in [6.07, 6.45) is 6.28. The quantitative estimate of drug-likeness (QED) is 0.0146. The number of esters is 1. The van der Waals surface area contributed by atoms with E-state index in [1.807, 2.05) is 0 Å². The molecule has 1 aromatic heterocycles. The number of aromatic hydroxyl groups is 2. The molecule has 25 nitrogen and oxygen atoms in total. The number of carbonyl (C=O) groups excluding carboxylic acids is 11. The van der Waals surface area contributed by atoms with Crippen LogP contribution in [0.3, 0.4) is 0 Å². The maximum absolute atomic E-state index is 13.1. The third kappa shape index (κ3) is 22.6. The lowest BCUT2D eigenvalue weighted by Gasteiger charge is -2.22. The number of nitrogens with zero attached hydrogens (tertiary/aromatic N) is 2. The summed E-state index contributed by atoms with van der Waals surface area (Å²) in [6, 6.07) is 2.81. The third-order valence-corrected chi connectivity index (χ3v) is 13.3. The van der Waals surface area contributed by atoms with E-state index < -0.39 is 71.4 Å². The first-order valence-corrected chi connectivity index (χ1v) is 26.6. The molecule has 0 bridgehead atoms. The average Bonchev–Trinajstić information content (AvgIpc) is 3.87. The second-order valence-corrected chi connectivity index (χ2v) is 19.2. The molecule has 2 aromatic rings. The Hall–Kier alpha value is -7.64. The van der Waals surface area contributed by atoms with E-state index in [1.54, 1.807) is 32.9 Å². The van der Waals surface area contributed by atoms with Crippen molar-refractivity contribution in [2.45, 2.75) is 140 Å². The van der Waals surface area contributed by atoms with Gasteiger partial charge in [0.25, 0.3) is 11.8 Å². The van der Waals surface area contributed by atoms with Gasteiger partial charge in [0, 0.05) is 81.9 Å². The molecule has 1 aliphatic heterocycles. The van der Waals surface area contributed by atoms with Crippen LogP contribution in [0.1, 0.15) is 110 Å². The molecule has 0 spiro atoms. The minimum atomic E-state index is -1.14. The van der Waals surface area contributed by atoms with Crippen molar-refractivity contribution in [2.75, 3.05) is 39.0 Å². The molecule has 26 heteroatoms. The molecule has 0 fully saturated rings. The second-order valence-electron chi connectivity index (χ2n) is 18.1. The first-order valence-electron chi connectivity index (χ1n) is 25.6. The van der Waals surface area contributed by atoms with E-state index in [9.17, 15) is 63.0 Å². The van der Waals surface area contributed by atoms with Crippen molar-refractivity contribution in [3.63, 3.8) is 0 Å². The Morgan fingerprint density at radius 1 is 0.649 bits per heavy atom. The Morgan fingerprint density at radius 2 is 1.22 bits per heavy atom. The normalized spacial score (nSPS) is 13.4. The second kappa shape index (κ2) is 33.4. The summed E-state index contributed by atoms with van der Waals surface area (Å²) in [5.41, 5.74) is 11.7. The number of carbonyl (C=O) groups is 11. The maximum Gasteiger partial charge on any atom is 0.313 e. The van der Waals surface area contributed by atoms with Gasteiger partial charge in [-0.1, -0.05) is 33.3 Å². The Bertz CT molecular complexity index is 2430. The Labute approximate surface area is 451 Å². The van der Waals surface area contributed by atoms with Crippen molar-refractivity contribution >= 4 is 76.8 Å². The predicted molar refractivity (Wildman–Crippen MR) is 280 cm³/mol. The minimum absolute atomic E-state index is 0.00385. The zero-order chi connectivity index (χ0) is 57.0. The summed E-state index contributed by atoms with van der Waals surface area (Å²) in [7, 11) is 1.37. The van der Waals surface area contributed by atoms with E-state index in [2.05, 4.69) is 31.9 Å². The van der Waals surface area contributed by atoms with Crippen LogP contribution in [0.4, 0.5) is 0 Å². The molecule has 12 N–H and O–H groups in total. The highest BCUT2D eigenvalue weighted by atomic mass is 32.2. The number of imide groups is 1. The smallest absolute Gasteiger partial charge is 0.313 e. The van der Waals surface area contributed by atoms with Gasteiger partial charge in [0.05, 0.1) is 24.8 Å². The fourth-order valence-corrected chi connectivity index (χ4v) is 8.60. The van der Waals surface area contributed by atoms with Crippen LogP contribution in [0.15, 0.2) is 41.3 Å². The van der Waals surface area contributed by atoms with Gasteiger partial charge in [-0.15, -0.1) is 11.8 Å². The SMILES string of the molecule is CCC(=O)NCCCCC(NC(=O)CC)C(=O)NC(CCCCNC(=O)CCn1c(O)cc(SCC(NC(=O)C(C)CCCCNC(=O)Cc2ccc(OC(=O)CCN3C(=O)C=CC3=O)c(OC)c2)C(N)=O)c1O)C(N)=O. The largest absolute Gasteiger partial charge is 0.494 e. The number of benzene rings is 1. The van der Waals surface area contributed by atoms with Gasteiger partial charge in [-0.25, -0.2) is 0 Å². The van der Waals surface area contributed by atoms with Gasteiger partial charge in [0.2, 0.25) is 53.1 Å². The van der Waals surface area contributed by atoms with Crippen molar-refractivity contribution in [3.8, 4) is 23.3 Å². The minimum Gasteiger partial charge on any atom is -0.494 e. The number of hydrogen-bond donors (Lipinski definition) is 10. The number of nitrogens with one attached hydrogen (secondary N) is 6. The van der Waals surface area contributed by atoms with Crippen LogP contribution < -0.4 is 52.8 Å². The van der Waals surface area contributed by atoms with Gasteiger partial charge in [-0.2, -0.15) is 0 Å². The number of ether oxygens (including phenoxy) is 2. The van der Waals surface area contributed by atoms with Gasteiger partial charge in [-0.05, 0) is 69.1 Å². The molecule has 4 atom stereocenters. The van der Waals surface area contributed by atoms with Crippen LogP contribution >= 0.6 is 11.8 Å². The summed E-state index contributed by atoms with van der Waals surface area (Å²) in [5.74, 6) is -6.43. The van der Waals surface area contributed by atoms with Crippen LogP contribution in [0.2, 0.25) is 0 Å². The Kier molecular flexibility index (Phi) is 27.6. The number of aromatic nitrogens is 1. The number of unbranched alkanes of at least 4 members (excludes halogenated alkanes) is 3. The molecule has 77 heavy (non-hydrogen) atoms. The lowest BCUT2D eigenvalue weighted by atomic mass is 10.0. The van der Waals surface area contributed by atoms with Crippen LogP contribution in [-0.4, -0.2) is 142 Å². The summed E-state index contributed by atoms with van der Waals surface area (Å²) >= 11 is 0.957. The van der Waals surface area contributed by atoms with Crippen LogP contribution in [0, 0.1) is 5.92 Å². The molecule has 10 amide bonds. The number of amides is 10. The molecule has 2 heterocycles. The zero-order valence-corrected chi connectivity index (χ0v) is 44.9. The molecular weight excluding hydrogens is 1020 g/mol. The molecule has 424 valence electrons. The van der Waals surface area contributed by atoms with Crippen LogP contribution in [0.5, 0.6) is 23.3 Å². The Morgan fingerprint density at radius 3 is 1.82 bits per heavy atom. The highest BCUT2D eigenvalue weighted by Gasteiger charge is 2.28. The molecule has 0 saturated heterocycles. The lowest BCUT2D eigenvalue weighted by Crippen LogP contribution is -2.52. The molecule has 1 aliphatic rings. The summed E-state index contributed by atoms with van der Waals surface area (Å²) in [4.78, 5) is 137. The van der Waals surface area contributed by atoms with E-state index in [4.69, 9.17) is 20.9 Å². The Balaban J connectivity index is 1.35. The third-order valence-electron chi connectivity index (χ3n) is 12.2. The molecular formula is C51H74N10O15S. The fraction of sp³-hybridized carbons (Fsp3) is 0.549. The molecule has 0 aliphatic carbocycles. The van der Waals surface area contributed by atoms with Crippen molar-refractivity contribution in [1.29, 1.82) is 0 Å². The van der Waals surface area contributed by atoms with Crippen molar-refractivity contribution < 1.29 is 72.4 Å². The number of thioether (sulfide) groups is 1. The monoisotopic (exact) mass is 1100 g/mol. The summed E-state index contributed by atoms with van der Waals surface area (Å²) in [6.45, 7) is 5.77. The molecule has 0 radical (unpaired) electrons. The van der Waals surface area contributed by atoms with E-state index in [0.29, 0.717) is 70.0 Å². The van der Waals surface area contributed by atoms with Crippen molar-refractivity contribution in [3.05, 3.63) is 42.0 Å². The van der Waals surface area contributed by atoms with Gasteiger partial charge < -0.3 is 63.1 Å². The van der Waals surface area contributed by atoms with Gasteiger partial charge in [-0.3, -0.25) is 62.2 Å². The van der Waals surface area contributed by atoms with Crippen LogP contribution in [-0.2, 0) is 65.7 Å². The van der Waals surface area contributed by atoms with Crippen LogP contribution in [0.25, 0.3) is 0 Å². The van der Waals surface area contributed by atoms with Gasteiger partial charge >= 0.3 is 5.97 Å². The number of nitrogens with two attached hydrogens (primary N) is 2. The highest BCUT2D eigenvalue weighted by Crippen LogP contribution is 2.36. The molecule has 3 rings (SSSR count). The first kappa shape index (κ1) is 63.7. The number of hydrogen-bond acceptors (Lipinski definition) is 16. The number of rotatable bonds is 37. The molecule has 1 aromatic carbocycles. The van der Waals surface area contributed by atoms with Gasteiger partial charge in [0.15, 0.2) is 17.4 Å². The van der Waals surface area contributed by atoms with E-state index in [0.717, 1.165) is 33.4 Å². The number of primary amides is 2. The topological polar surface area (TPSA) is 379 Å². The van der Waals surface area contributed by atoms with E-state index in [-0.39, 0.29) is 110 Å². The van der Waals surface area contributed by atoms with Gasteiger partial charge in [0.1, 0.15) is 18.1 Å². The van der Waals surface area contributed by atoms with E-state index >= 15 is 0 Å². The standard InChI is InChI=1S/C51H74N10O15S/c1-5-39(62)54-22-12-9-15-34(57-40(63)6-2)50(73)58-33(47(52)70)14-8-11-23-55-41(64)20-25-61-45(68)29-38(51(61)74)77-30-35(48(53)71)59-49(72)31(3)13-7-10-24-56-42(65)28-32-16-17-36(37(27-32)75-4)76-46(69)21-26-60-43(66)18-19-44(60)67/h16-19,27,29,31,33-35,68,74H,5-15,20-26,28,30H2,1-4H3,(H2,52,70)(H2,53,71)(H,54,62)(H,55,64)(H,56,65)(H,57,63)(H,58,73)(H,59,72).